The van der Waals surface area contributed by atoms with Crippen LogP contribution >= 0.6 is 0 Å². The third kappa shape index (κ3) is 7.10. The molecule has 31 heavy (non-hydrogen) atoms. The predicted octanol–water partition coefficient (Wildman–Crippen LogP) is 3.53. The minimum absolute atomic E-state index is 0.0216. The molecule has 0 aromatic heterocycles. The lowest BCUT2D eigenvalue weighted by Gasteiger charge is -2.27. The maximum absolute atomic E-state index is 12.8. The molecule has 2 amide bonds. The third-order valence-corrected chi connectivity index (χ3v) is 5.34. The number of alkyl carbamates (subject to hydrolysis) is 1. The van der Waals surface area contributed by atoms with Crippen molar-refractivity contribution in [2.45, 2.75) is 44.8 Å². The fraction of sp³-hybridized carbons (Fsp3) is 0.440. The Morgan fingerprint density at radius 2 is 1.68 bits per heavy atom. The average molecular weight is 424 g/mol. The molecule has 6 heteroatoms. The Morgan fingerprint density at radius 3 is 2.23 bits per heavy atom. The summed E-state index contributed by atoms with van der Waals surface area (Å²) in [7, 11) is 0. The van der Waals surface area contributed by atoms with Gasteiger partial charge in [-0.1, -0.05) is 60.7 Å². The summed E-state index contributed by atoms with van der Waals surface area (Å²) in [6.07, 6.45) is 0.327. The summed E-state index contributed by atoms with van der Waals surface area (Å²) in [6.45, 7) is 7.46. The van der Waals surface area contributed by atoms with E-state index >= 15 is 0 Å². The molecule has 166 valence electrons. The van der Waals surface area contributed by atoms with Crippen LogP contribution in [0.15, 0.2) is 60.7 Å². The summed E-state index contributed by atoms with van der Waals surface area (Å²) in [6, 6.07) is 20.7. The van der Waals surface area contributed by atoms with Gasteiger partial charge in [-0.25, -0.2) is 4.79 Å². The Balaban J connectivity index is 1.63. The van der Waals surface area contributed by atoms with Gasteiger partial charge in [-0.2, -0.15) is 0 Å². The van der Waals surface area contributed by atoms with Crippen LogP contribution in [0.2, 0.25) is 0 Å². The Labute approximate surface area is 185 Å². The fourth-order valence-electron chi connectivity index (χ4n) is 3.76. The Morgan fingerprint density at radius 1 is 1.10 bits per heavy atom. The van der Waals surface area contributed by atoms with Gasteiger partial charge >= 0.3 is 6.09 Å². The molecule has 0 unspecified atom stereocenters. The lowest BCUT2D eigenvalue weighted by molar-refractivity contribution is -0.129. The zero-order valence-electron chi connectivity index (χ0n) is 18.6. The molecule has 2 aromatic carbocycles. The maximum Gasteiger partial charge on any atom is 0.407 e. The van der Waals surface area contributed by atoms with Crippen molar-refractivity contribution >= 4 is 12.0 Å². The smallest absolute Gasteiger partial charge is 0.407 e. The van der Waals surface area contributed by atoms with Gasteiger partial charge in [0.25, 0.3) is 0 Å². The maximum atomic E-state index is 12.8. The molecule has 1 aliphatic rings. The minimum Gasteiger partial charge on any atom is -0.444 e. The van der Waals surface area contributed by atoms with E-state index in [-0.39, 0.29) is 24.4 Å². The van der Waals surface area contributed by atoms with Gasteiger partial charge in [0, 0.05) is 31.6 Å². The van der Waals surface area contributed by atoms with E-state index in [1.165, 1.54) is 11.1 Å². The molecule has 1 aliphatic heterocycles. The highest BCUT2D eigenvalue weighted by Gasteiger charge is 2.26. The van der Waals surface area contributed by atoms with E-state index in [1.54, 1.807) is 0 Å². The molecule has 3 rings (SSSR count). The summed E-state index contributed by atoms with van der Waals surface area (Å²) in [5.74, 6) is 0.194. The average Bonchev–Trinajstić information content (AvgIpc) is 2.92. The number of carbonyl (C=O) groups is 2. The Hall–Kier alpha value is -2.86. The van der Waals surface area contributed by atoms with Gasteiger partial charge in [0.2, 0.25) is 5.91 Å². The quantitative estimate of drug-likeness (QED) is 0.746. The molecular weight excluding hydrogens is 390 g/mol. The van der Waals surface area contributed by atoms with Crippen LogP contribution in [-0.4, -0.2) is 54.7 Å². The van der Waals surface area contributed by atoms with E-state index in [0.717, 1.165) is 6.42 Å². The van der Waals surface area contributed by atoms with Crippen molar-refractivity contribution in [3.63, 3.8) is 0 Å². The number of carbonyl (C=O) groups excluding carboxylic acids is 2. The SMILES string of the molecule is CC(C)(C)OC(=O)NC[C@H]1CCN(CC(c2ccccc2)c2ccccc2)C(=O)CN1. The standard InChI is InChI=1S/C25H33N3O3/c1-25(2,3)31-24(30)27-16-21-14-15-28(23(29)17-26-21)18-22(19-10-6-4-7-11-19)20-12-8-5-9-13-20/h4-13,21-22,26H,14-18H2,1-3H3,(H,27,30)/t21-/m1/s1. The van der Waals surface area contributed by atoms with E-state index < -0.39 is 11.7 Å². The second kappa shape index (κ2) is 10.4. The zero-order chi connectivity index (χ0) is 22.3. The second-order valence-corrected chi connectivity index (χ2v) is 8.96. The monoisotopic (exact) mass is 423 g/mol. The van der Waals surface area contributed by atoms with Crippen LogP contribution in [0, 0.1) is 0 Å². The van der Waals surface area contributed by atoms with E-state index in [1.807, 2.05) is 62.1 Å². The fourth-order valence-corrected chi connectivity index (χ4v) is 3.76. The summed E-state index contributed by atoms with van der Waals surface area (Å²) in [4.78, 5) is 26.7. The summed E-state index contributed by atoms with van der Waals surface area (Å²) < 4.78 is 5.30. The number of rotatable bonds is 6. The number of nitrogens with one attached hydrogen (secondary N) is 2. The first-order valence-corrected chi connectivity index (χ1v) is 10.9. The Bertz CT molecular complexity index is 810. The highest BCUT2D eigenvalue weighted by Crippen LogP contribution is 2.26. The van der Waals surface area contributed by atoms with Gasteiger partial charge in [0.1, 0.15) is 5.60 Å². The first kappa shape index (κ1) is 22.8. The van der Waals surface area contributed by atoms with Crippen LogP contribution in [0.5, 0.6) is 0 Å². The van der Waals surface area contributed by atoms with Gasteiger partial charge in [-0.3, -0.25) is 4.79 Å². The molecule has 0 spiro atoms. The van der Waals surface area contributed by atoms with E-state index in [0.29, 0.717) is 19.6 Å². The second-order valence-electron chi connectivity index (χ2n) is 8.96. The van der Waals surface area contributed by atoms with Crippen molar-refractivity contribution in [3.8, 4) is 0 Å². The number of hydrogen-bond donors (Lipinski definition) is 2. The van der Waals surface area contributed by atoms with E-state index in [9.17, 15) is 9.59 Å². The minimum atomic E-state index is -0.530. The van der Waals surface area contributed by atoms with E-state index in [2.05, 4.69) is 34.9 Å². The summed E-state index contributed by atoms with van der Waals surface area (Å²) >= 11 is 0. The van der Waals surface area contributed by atoms with Crippen molar-refractivity contribution in [2.24, 2.45) is 0 Å². The van der Waals surface area contributed by atoms with Crippen LogP contribution in [-0.2, 0) is 9.53 Å². The summed E-state index contributed by atoms with van der Waals surface area (Å²) in [5, 5.41) is 6.08. The van der Waals surface area contributed by atoms with Crippen molar-refractivity contribution in [1.29, 1.82) is 0 Å². The predicted molar refractivity (Wildman–Crippen MR) is 122 cm³/mol. The molecule has 6 nitrogen and oxygen atoms in total. The lowest BCUT2D eigenvalue weighted by atomic mass is 9.90. The number of hydrogen-bond acceptors (Lipinski definition) is 4. The highest BCUT2D eigenvalue weighted by atomic mass is 16.6. The van der Waals surface area contributed by atoms with Crippen LogP contribution < -0.4 is 10.6 Å². The number of ether oxygens (including phenoxy) is 1. The van der Waals surface area contributed by atoms with Gasteiger partial charge in [0.05, 0.1) is 6.54 Å². The molecule has 0 saturated carbocycles. The van der Waals surface area contributed by atoms with Gasteiger partial charge in [-0.05, 0) is 38.3 Å². The first-order chi connectivity index (χ1) is 14.8. The van der Waals surface area contributed by atoms with E-state index in [4.69, 9.17) is 4.74 Å². The normalized spacial score (nSPS) is 17.4. The topological polar surface area (TPSA) is 70.7 Å². The van der Waals surface area contributed by atoms with Crippen LogP contribution in [0.3, 0.4) is 0 Å². The van der Waals surface area contributed by atoms with Crippen LogP contribution in [0.25, 0.3) is 0 Å². The van der Waals surface area contributed by atoms with Crippen LogP contribution in [0.4, 0.5) is 4.79 Å². The summed E-state index contributed by atoms with van der Waals surface area (Å²) in [5.41, 5.74) is 1.86. The third-order valence-electron chi connectivity index (χ3n) is 5.34. The highest BCUT2D eigenvalue weighted by molar-refractivity contribution is 5.78. The van der Waals surface area contributed by atoms with Crippen molar-refractivity contribution in [2.75, 3.05) is 26.2 Å². The number of benzene rings is 2. The molecular formula is C25H33N3O3. The van der Waals surface area contributed by atoms with Gasteiger partial charge in [0.15, 0.2) is 0 Å². The van der Waals surface area contributed by atoms with Crippen molar-refractivity contribution < 1.29 is 14.3 Å². The molecule has 0 radical (unpaired) electrons. The molecule has 1 fully saturated rings. The molecule has 2 N–H and O–H groups in total. The van der Waals surface area contributed by atoms with Gasteiger partial charge < -0.3 is 20.3 Å². The molecule has 1 atom stereocenters. The van der Waals surface area contributed by atoms with Crippen molar-refractivity contribution in [3.05, 3.63) is 71.8 Å². The van der Waals surface area contributed by atoms with Crippen molar-refractivity contribution in [1.82, 2.24) is 15.5 Å². The molecule has 0 bridgehead atoms. The van der Waals surface area contributed by atoms with Crippen LogP contribution in [0.1, 0.15) is 44.2 Å². The zero-order valence-corrected chi connectivity index (χ0v) is 18.6. The first-order valence-electron chi connectivity index (χ1n) is 10.9. The molecule has 2 aromatic rings. The lowest BCUT2D eigenvalue weighted by Crippen LogP contribution is -2.43. The van der Waals surface area contributed by atoms with Gasteiger partial charge in [-0.15, -0.1) is 0 Å². The number of amides is 2. The molecule has 1 heterocycles. The molecule has 0 aliphatic carbocycles. The number of nitrogens with zero attached hydrogens (tertiary/aromatic N) is 1. The molecule has 1 saturated heterocycles. The largest absolute Gasteiger partial charge is 0.444 e. The Kier molecular flexibility index (Phi) is 7.69.